The predicted molar refractivity (Wildman–Crippen MR) is 116 cm³/mol. The summed E-state index contributed by atoms with van der Waals surface area (Å²) in [6, 6.07) is 9.89. The van der Waals surface area contributed by atoms with Crippen molar-refractivity contribution in [3.05, 3.63) is 69.9 Å². The number of hydrogen-bond acceptors (Lipinski definition) is 6. The zero-order valence-electron chi connectivity index (χ0n) is 15.7. The van der Waals surface area contributed by atoms with E-state index in [9.17, 15) is 9.59 Å². The number of benzene rings is 1. The number of furan rings is 1. The minimum atomic E-state index is -0.274. The van der Waals surface area contributed by atoms with Crippen LogP contribution in [0.25, 0.3) is 10.1 Å². The van der Waals surface area contributed by atoms with Gasteiger partial charge in [0.25, 0.3) is 5.91 Å². The first-order valence-electron chi connectivity index (χ1n) is 9.12. The summed E-state index contributed by atoms with van der Waals surface area (Å²) in [6.45, 7) is 2.30. The molecular formula is C21H19N3O3S2. The number of thiophene rings is 1. The number of anilines is 1. The lowest BCUT2D eigenvalue weighted by molar-refractivity contribution is -0.120. The van der Waals surface area contributed by atoms with Crippen LogP contribution in [0.3, 0.4) is 0 Å². The standard InChI is InChI=1S/C21H19N3O3S2/c1-13-16(7-9-27-13)20(26)24-21-23-15(12-29-21)10-19(25)22-8-6-14-11-28-18-5-3-2-4-17(14)18/h2-5,7,9,11-12H,6,8,10H2,1H3,(H,22,25)(H,23,24,26). The monoisotopic (exact) mass is 425 g/mol. The third-order valence-corrected chi connectivity index (χ3v) is 6.31. The van der Waals surface area contributed by atoms with E-state index in [1.54, 1.807) is 29.7 Å². The molecule has 0 saturated carbocycles. The molecule has 0 aliphatic heterocycles. The van der Waals surface area contributed by atoms with Crippen LogP contribution < -0.4 is 10.6 Å². The topological polar surface area (TPSA) is 84.2 Å². The minimum Gasteiger partial charge on any atom is -0.469 e. The number of amides is 2. The van der Waals surface area contributed by atoms with Gasteiger partial charge in [-0.25, -0.2) is 4.98 Å². The van der Waals surface area contributed by atoms with Crippen LogP contribution in [0.2, 0.25) is 0 Å². The lowest BCUT2D eigenvalue weighted by atomic mass is 10.1. The Balaban J connectivity index is 1.27. The van der Waals surface area contributed by atoms with Gasteiger partial charge in [-0.2, -0.15) is 0 Å². The third kappa shape index (κ3) is 4.55. The number of carbonyl (C=O) groups excluding carboxylic acids is 2. The van der Waals surface area contributed by atoms with Gasteiger partial charge in [0.15, 0.2) is 5.13 Å². The molecule has 0 aliphatic rings. The van der Waals surface area contributed by atoms with Crippen molar-refractivity contribution in [1.82, 2.24) is 10.3 Å². The molecule has 0 saturated heterocycles. The second-order valence-electron chi connectivity index (χ2n) is 6.52. The molecule has 0 unspecified atom stereocenters. The Bertz CT molecular complexity index is 1160. The van der Waals surface area contributed by atoms with Gasteiger partial charge in [0.05, 0.1) is 23.9 Å². The molecule has 0 fully saturated rings. The molecule has 0 spiro atoms. The summed E-state index contributed by atoms with van der Waals surface area (Å²) in [6.07, 6.45) is 2.44. The number of aryl methyl sites for hydroxylation is 1. The van der Waals surface area contributed by atoms with Crippen molar-refractivity contribution in [3.8, 4) is 0 Å². The van der Waals surface area contributed by atoms with Crippen molar-refractivity contribution in [2.24, 2.45) is 0 Å². The van der Waals surface area contributed by atoms with E-state index < -0.39 is 0 Å². The number of aromatic nitrogens is 1. The van der Waals surface area contributed by atoms with E-state index in [4.69, 9.17) is 4.42 Å². The molecule has 8 heteroatoms. The van der Waals surface area contributed by atoms with E-state index in [0.29, 0.717) is 28.7 Å². The smallest absolute Gasteiger partial charge is 0.260 e. The quantitative estimate of drug-likeness (QED) is 0.459. The van der Waals surface area contributed by atoms with Crippen LogP contribution in [0.15, 0.2) is 51.8 Å². The summed E-state index contributed by atoms with van der Waals surface area (Å²) in [5.74, 6) is 0.194. The number of thiazole rings is 1. The Morgan fingerprint density at radius 2 is 2.00 bits per heavy atom. The van der Waals surface area contributed by atoms with Crippen molar-refractivity contribution < 1.29 is 14.0 Å². The Labute approximate surface area is 175 Å². The molecular weight excluding hydrogens is 406 g/mol. The van der Waals surface area contributed by atoms with Crippen LogP contribution in [0.5, 0.6) is 0 Å². The first-order chi connectivity index (χ1) is 14.1. The molecule has 3 aromatic heterocycles. The summed E-state index contributed by atoms with van der Waals surface area (Å²) in [5.41, 5.74) is 2.35. The van der Waals surface area contributed by atoms with Gasteiger partial charge < -0.3 is 9.73 Å². The summed E-state index contributed by atoms with van der Waals surface area (Å²) in [5, 5.41) is 11.3. The zero-order valence-corrected chi connectivity index (χ0v) is 17.4. The fourth-order valence-electron chi connectivity index (χ4n) is 3.02. The molecule has 6 nitrogen and oxygen atoms in total. The van der Waals surface area contributed by atoms with Gasteiger partial charge >= 0.3 is 0 Å². The van der Waals surface area contributed by atoms with Crippen LogP contribution in [-0.4, -0.2) is 23.3 Å². The van der Waals surface area contributed by atoms with Gasteiger partial charge in [0.2, 0.25) is 5.91 Å². The molecule has 0 atom stereocenters. The fraction of sp³-hybridized carbons (Fsp3) is 0.190. The van der Waals surface area contributed by atoms with Crippen LogP contribution in [-0.2, 0) is 17.6 Å². The van der Waals surface area contributed by atoms with Crippen LogP contribution in [0.4, 0.5) is 5.13 Å². The van der Waals surface area contributed by atoms with Gasteiger partial charge in [0.1, 0.15) is 5.76 Å². The normalized spacial score (nSPS) is 10.9. The van der Waals surface area contributed by atoms with Gasteiger partial charge in [-0.1, -0.05) is 18.2 Å². The van der Waals surface area contributed by atoms with Crippen LogP contribution >= 0.6 is 22.7 Å². The molecule has 4 rings (SSSR count). The van der Waals surface area contributed by atoms with Crippen LogP contribution in [0, 0.1) is 6.92 Å². The highest BCUT2D eigenvalue weighted by atomic mass is 32.1. The van der Waals surface area contributed by atoms with Gasteiger partial charge in [-0.3, -0.25) is 14.9 Å². The van der Waals surface area contributed by atoms with Crippen LogP contribution in [0.1, 0.15) is 27.4 Å². The van der Waals surface area contributed by atoms with Crippen molar-refractivity contribution in [3.63, 3.8) is 0 Å². The predicted octanol–water partition coefficient (Wildman–Crippen LogP) is 4.41. The minimum absolute atomic E-state index is 0.0848. The lowest BCUT2D eigenvalue weighted by Gasteiger charge is -2.04. The highest BCUT2D eigenvalue weighted by Crippen LogP contribution is 2.25. The maximum atomic E-state index is 12.2. The third-order valence-electron chi connectivity index (χ3n) is 4.50. The van der Waals surface area contributed by atoms with E-state index in [-0.39, 0.29) is 18.2 Å². The molecule has 4 aromatic rings. The Morgan fingerprint density at radius 1 is 1.14 bits per heavy atom. The highest BCUT2D eigenvalue weighted by molar-refractivity contribution is 7.17. The van der Waals surface area contributed by atoms with E-state index >= 15 is 0 Å². The molecule has 2 amide bonds. The first-order valence-corrected chi connectivity index (χ1v) is 10.9. The largest absolute Gasteiger partial charge is 0.469 e. The molecule has 148 valence electrons. The molecule has 1 aromatic carbocycles. The number of nitrogens with zero attached hydrogens (tertiary/aromatic N) is 1. The molecule has 0 radical (unpaired) electrons. The number of fused-ring (bicyclic) bond motifs is 1. The van der Waals surface area contributed by atoms with E-state index in [0.717, 1.165) is 6.42 Å². The summed E-state index contributed by atoms with van der Waals surface area (Å²) >= 11 is 3.01. The van der Waals surface area contributed by atoms with E-state index in [1.807, 2.05) is 12.1 Å². The number of rotatable bonds is 7. The summed E-state index contributed by atoms with van der Waals surface area (Å²) < 4.78 is 6.40. The van der Waals surface area contributed by atoms with Crippen molar-refractivity contribution in [1.29, 1.82) is 0 Å². The van der Waals surface area contributed by atoms with Crippen molar-refractivity contribution >= 4 is 49.7 Å². The Kier molecular flexibility index (Phi) is 5.73. The molecule has 29 heavy (non-hydrogen) atoms. The molecule has 2 N–H and O–H groups in total. The lowest BCUT2D eigenvalue weighted by Crippen LogP contribution is -2.27. The Hall–Kier alpha value is -2.97. The number of hydrogen-bond donors (Lipinski definition) is 2. The van der Waals surface area contributed by atoms with E-state index in [2.05, 4.69) is 33.1 Å². The molecule has 0 bridgehead atoms. The summed E-state index contributed by atoms with van der Waals surface area (Å²) in [4.78, 5) is 28.7. The zero-order chi connectivity index (χ0) is 20.2. The highest BCUT2D eigenvalue weighted by Gasteiger charge is 2.14. The van der Waals surface area contributed by atoms with Crippen molar-refractivity contribution in [2.75, 3.05) is 11.9 Å². The average Bonchev–Trinajstić information content (AvgIpc) is 3.42. The number of nitrogens with one attached hydrogen (secondary N) is 2. The molecule has 3 heterocycles. The van der Waals surface area contributed by atoms with Gasteiger partial charge in [-0.15, -0.1) is 22.7 Å². The maximum absolute atomic E-state index is 12.2. The molecule has 0 aliphatic carbocycles. The second kappa shape index (κ2) is 8.59. The fourth-order valence-corrected chi connectivity index (χ4v) is 4.72. The SMILES string of the molecule is Cc1occc1C(=O)Nc1nc(CC(=O)NCCc2csc3ccccc23)cs1. The summed E-state index contributed by atoms with van der Waals surface area (Å²) in [7, 11) is 0. The first kappa shape index (κ1) is 19.4. The Morgan fingerprint density at radius 3 is 2.83 bits per heavy atom. The second-order valence-corrected chi connectivity index (χ2v) is 8.29. The maximum Gasteiger partial charge on any atom is 0.260 e. The van der Waals surface area contributed by atoms with Gasteiger partial charge in [-0.05, 0) is 41.8 Å². The van der Waals surface area contributed by atoms with E-state index in [1.165, 1.54) is 33.2 Å². The van der Waals surface area contributed by atoms with Gasteiger partial charge in [0, 0.05) is 16.6 Å². The number of carbonyl (C=O) groups is 2. The van der Waals surface area contributed by atoms with Crippen molar-refractivity contribution in [2.45, 2.75) is 19.8 Å². The average molecular weight is 426 g/mol.